The molecule has 0 amide bonds. The molecule has 1 aromatic rings. The van der Waals surface area contributed by atoms with Crippen LogP contribution in [-0.2, 0) is 14.4 Å². The summed E-state index contributed by atoms with van der Waals surface area (Å²) >= 11 is 0. The number of carbonyl (C=O) groups is 3. The average Bonchev–Trinajstić information content (AvgIpc) is 2.73. The van der Waals surface area contributed by atoms with Gasteiger partial charge in [-0.2, -0.15) is 5.26 Å². The van der Waals surface area contributed by atoms with Crippen LogP contribution >= 0.6 is 0 Å². The normalized spacial score (nSPS) is 20.8. The fraction of sp³-hybridized carbons (Fsp3) is 0.385. The van der Waals surface area contributed by atoms with Gasteiger partial charge in [-0.15, -0.1) is 0 Å². The van der Waals surface area contributed by atoms with Gasteiger partial charge >= 0.3 is 0 Å². The Labute approximate surface area is 188 Å². The largest absolute Gasteiger partial charge is 0.504 e. The molecule has 2 rings (SSSR count). The van der Waals surface area contributed by atoms with Gasteiger partial charge in [0.15, 0.2) is 28.8 Å². The lowest BCUT2D eigenvalue weighted by atomic mass is 9.65. The SMILES string of the molecule is COc1cc(C=CC(=O)C(C)(C)C(=O)C=C[C@@]2(C)C=C(C#N)C(=O)C(C)(C)C2)ccc1O. The van der Waals surface area contributed by atoms with Crippen molar-refractivity contribution in [1.29, 1.82) is 5.26 Å². The zero-order valence-electron chi connectivity index (χ0n) is 19.4. The third-order valence-corrected chi connectivity index (χ3v) is 5.76. The highest BCUT2D eigenvalue weighted by atomic mass is 16.5. The molecule has 0 saturated carbocycles. The summed E-state index contributed by atoms with van der Waals surface area (Å²) < 4.78 is 5.06. The lowest BCUT2D eigenvalue weighted by molar-refractivity contribution is -0.133. The molecule has 0 radical (unpaired) electrons. The van der Waals surface area contributed by atoms with Gasteiger partial charge in [0, 0.05) is 10.8 Å². The maximum absolute atomic E-state index is 12.9. The quantitative estimate of drug-likeness (QED) is 0.496. The number of carbonyl (C=O) groups excluding carboxylic acids is 3. The molecule has 0 aromatic heterocycles. The monoisotopic (exact) mass is 435 g/mol. The number of nitriles is 1. The van der Waals surface area contributed by atoms with Crippen molar-refractivity contribution in [2.75, 3.05) is 7.11 Å². The van der Waals surface area contributed by atoms with Crippen molar-refractivity contribution in [3.05, 3.63) is 53.6 Å². The van der Waals surface area contributed by atoms with Crippen molar-refractivity contribution in [1.82, 2.24) is 0 Å². The summed E-state index contributed by atoms with van der Waals surface area (Å²) in [7, 11) is 1.43. The topological polar surface area (TPSA) is 104 Å². The molecule has 0 saturated heterocycles. The highest BCUT2D eigenvalue weighted by Gasteiger charge is 2.42. The summed E-state index contributed by atoms with van der Waals surface area (Å²) in [5.41, 5.74) is -1.95. The first-order valence-corrected chi connectivity index (χ1v) is 10.3. The number of hydrogen-bond donors (Lipinski definition) is 1. The standard InChI is InChI=1S/C26H29NO5/c1-24(2)16-26(5,14-18(15-27)23(24)31)12-11-22(30)25(3,4)21(29)10-8-17-7-9-19(28)20(13-17)32-6/h7-14,28H,16H2,1-6H3/t26-/m0/s1. The van der Waals surface area contributed by atoms with Gasteiger partial charge in [0.05, 0.1) is 18.1 Å². The van der Waals surface area contributed by atoms with Gasteiger partial charge in [0.1, 0.15) is 6.07 Å². The molecule has 6 heteroatoms. The maximum Gasteiger partial charge on any atom is 0.178 e. The number of aromatic hydroxyl groups is 1. The molecule has 6 nitrogen and oxygen atoms in total. The highest BCUT2D eigenvalue weighted by molar-refractivity contribution is 6.15. The smallest absolute Gasteiger partial charge is 0.178 e. The Morgan fingerprint density at radius 3 is 2.41 bits per heavy atom. The molecule has 0 heterocycles. The number of hydrogen-bond acceptors (Lipinski definition) is 6. The van der Waals surface area contributed by atoms with Gasteiger partial charge in [-0.05, 0) is 50.1 Å². The lowest BCUT2D eigenvalue weighted by Crippen LogP contribution is -2.36. The third-order valence-electron chi connectivity index (χ3n) is 5.76. The van der Waals surface area contributed by atoms with Crippen LogP contribution in [0.3, 0.4) is 0 Å². The van der Waals surface area contributed by atoms with E-state index in [-0.39, 0.29) is 34.4 Å². The van der Waals surface area contributed by atoms with Crippen molar-refractivity contribution in [3.8, 4) is 17.6 Å². The number of phenols is 1. The number of ether oxygens (including phenoxy) is 1. The van der Waals surface area contributed by atoms with Crippen molar-refractivity contribution in [2.24, 2.45) is 16.2 Å². The van der Waals surface area contributed by atoms with Gasteiger partial charge < -0.3 is 9.84 Å². The molecule has 0 bridgehead atoms. The molecule has 1 aliphatic rings. The zero-order chi connectivity index (χ0) is 24.3. The summed E-state index contributed by atoms with van der Waals surface area (Å²) in [5.74, 6) is -0.685. The Morgan fingerprint density at radius 2 is 1.81 bits per heavy atom. The van der Waals surface area contributed by atoms with Crippen molar-refractivity contribution >= 4 is 23.4 Å². The van der Waals surface area contributed by atoms with Crippen LogP contribution in [0, 0.1) is 27.6 Å². The Morgan fingerprint density at radius 1 is 1.19 bits per heavy atom. The van der Waals surface area contributed by atoms with Crippen LogP contribution in [0.4, 0.5) is 0 Å². The molecule has 168 valence electrons. The van der Waals surface area contributed by atoms with Crippen LogP contribution < -0.4 is 4.74 Å². The van der Waals surface area contributed by atoms with E-state index < -0.39 is 16.2 Å². The summed E-state index contributed by atoms with van der Waals surface area (Å²) in [6, 6.07) is 6.62. The van der Waals surface area contributed by atoms with Crippen molar-refractivity contribution < 1.29 is 24.2 Å². The molecular formula is C26H29NO5. The molecule has 0 aliphatic heterocycles. The van der Waals surface area contributed by atoms with Gasteiger partial charge in [-0.1, -0.05) is 45.1 Å². The van der Waals surface area contributed by atoms with Crippen LogP contribution in [0.5, 0.6) is 11.5 Å². The van der Waals surface area contributed by atoms with E-state index in [1.54, 1.807) is 58.1 Å². The van der Waals surface area contributed by atoms with Gasteiger partial charge in [-0.3, -0.25) is 14.4 Å². The second-order valence-electron chi connectivity index (χ2n) is 9.52. The summed E-state index contributed by atoms with van der Waals surface area (Å²) in [4.78, 5) is 38.0. The predicted molar refractivity (Wildman–Crippen MR) is 122 cm³/mol. The summed E-state index contributed by atoms with van der Waals surface area (Å²) in [6.45, 7) is 8.53. The average molecular weight is 436 g/mol. The predicted octanol–water partition coefficient (Wildman–Crippen LogP) is 4.59. The Bertz CT molecular complexity index is 1080. The first kappa shape index (κ1) is 24.8. The number of Topliss-reactive ketones (excluding diaryl/α,β-unsaturated/α-hetero) is 1. The molecule has 1 N–H and O–H groups in total. The summed E-state index contributed by atoms with van der Waals surface area (Å²) in [5, 5.41) is 19.0. The second-order valence-corrected chi connectivity index (χ2v) is 9.52. The molecule has 1 aromatic carbocycles. The molecule has 1 aliphatic carbocycles. The minimum absolute atomic E-state index is 0.00804. The first-order chi connectivity index (χ1) is 14.8. The van der Waals surface area contributed by atoms with Crippen LogP contribution in [0.25, 0.3) is 6.08 Å². The van der Waals surface area contributed by atoms with E-state index in [1.807, 2.05) is 13.0 Å². The Hall–Kier alpha value is -3.46. The number of benzene rings is 1. The minimum atomic E-state index is -1.30. The summed E-state index contributed by atoms with van der Waals surface area (Å²) in [6.07, 6.45) is 7.97. The number of phenolic OH excluding ortho intramolecular Hbond substituents is 1. The van der Waals surface area contributed by atoms with E-state index in [0.717, 1.165) is 0 Å². The first-order valence-electron chi connectivity index (χ1n) is 10.3. The van der Waals surface area contributed by atoms with Gasteiger partial charge in [-0.25, -0.2) is 0 Å². The van der Waals surface area contributed by atoms with Crippen molar-refractivity contribution in [3.63, 3.8) is 0 Å². The molecule has 0 unspecified atom stereocenters. The van der Waals surface area contributed by atoms with Gasteiger partial charge in [0.25, 0.3) is 0 Å². The molecule has 32 heavy (non-hydrogen) atoms. The third kappa shape index (κ3) is 5.23. The number of nitrogens with zero attached hydrogens (tertiary/aromatic N) is 1. The number of ketones is 3. The van der Waals surface area contributed by atoms with Gasteiger partial charge in [0.2, 0.25) is 0 Å². The second kappa shape index (κ2) is 8.96. The molecule has 0 fully saturated rings. The van der Waals surface area contributed by atoms with Crippen LogP contribution in [0.1, 0.15) is 46.6 Å². The molecular weight excluding hydrogens is 406 g/mol. The van der Waals surface area contributed by atoms with Crippen LogP contribution in [0.2, 0.25) is 0 Å². The number of methoxy groups -OCH3 is 1. The van der Waals surface area contributed by atoms with E-state index in [9.17, 15) is 24.8 Å². The minimum Gasteiger partial charge on any atom is -0.504 e. The zero-order valence-corrected chi connectivity index (χ0v) is 19.4. The van der Waals surface area contributed by atoms with E-state index in [2.05, 4.69) is 0 Å². The fourth-order valence-electron chi connectivity index (χ4n) is 3.81. The number of rotatable bonds is 7. The lowest BCUT2D eigenvalue weighted by Gasteiger charge is -2.37. The van der Waals surface area contributed by atoms with E-state index in [0.29, 0.717) is 12.0 Å². The van der Waals surface area contributed by atoms with Crippen LogP contribution in [-0.4, -0.2) is 29.6 Å². The van der Waals surface area contributed by atoms with E-state index >= 15 is 0 Å². The maximum atomic E-state index is 12.9. The van der Waals surface area contributed by atoms with Crippen molar-refractivity contribution in [2.45, 2.75) is 41.0 Å². The number of allylic oxidation sites excluding steroid dienone is 5. The van der Waals surface area contributed by atoms with Crippen LogP contribution in [0.15, 0.2) is 48.1 Å². The molecule has 1 atom stereocenters. The van der Waals surface area contributed by atoms with E-state index in [4.69, 9.17) is 4.74 Å². The Kier molecular flexibility index (Phi) is 6.94. The highest BCUT2D eigenvalue weighted by Crippen LogP contribution is 2.43. The fourth-order valence-corrected chi connectivity index (χ4v) is 3.81. The van der Waals surface area contributed by atoms with E-state index in [1.165, 1.54) is 25.3 Å². The Balaban J connectivity index is 2.22. The molecule has 0 spiro atoms.